The maximum Gasteiger partial charge on any atom is 0.305 e. The molecule has 1 aromatic carbocycles. The smallest absolute Gasteiger partial charge is 0.305 e. The van der Waals surface area contributed by atoms with E-state index in [0.29, 0.717) is 0 Å². The van der Waals surface area contributed by atoms with Crippen LogP contribution in [0.3, 0.4) is 0 Å². The summed E-state index contributed by atoms with van der Waals surface area (Å²) < 4.78 is 26.3. The Morgan fingerprint density at radius 1 is 0.914 bits per heavy atom. The molecular weight excluding hydrogens is 472 g/mol. The van der Waals surface area contributed by atoms with Crippen LogP contribution in [0.25, 0.3) is 0 Å². The predicted molar refractivity (Wildman–Crippen MR) is 113 cm³/mol. The molecule has 2 rings (SSSR count). The number of nitrogens with zero attached hydrogens (tertiary/aromatic N) is 1. The minimum absolute atomic E-state index is 0.341. The summed E-state index contributed by atoms with van der Waals surface area (Å²) in [6.07, 6.45) is -5.80. The Bertz CT molecular complexity index is 1010. The molecule has 1 heterocycles. The van der Waals surface area contributed by atoms with Crippen LogP contribution in [-0.2, 0) is 42.9 Å². The first-order valence-corrected chi connectivity index (χ1v) is 10.3. The van der Waals surface area contributed by atoms with Crippen LogP contribution in [0, 0.1) is 10.1 Å². The van der Waals surface area contributed by atoms with Crippen LogP contribution in [0.15, 0.2) is 24.3 Å². The van der Waals surface area contributed by atoms with Crippen LogP contribution >= 0.6 is 0 Å². The summed E-state index contributed by atoms with van der Waals surface area (Å²) in [5, 5.41) is 13.8. The normalized spacial score (nSPS) is 23.4. The SMILES string of the molecule is CC(=O)OC[C@H]1O[C@H](OC(C)=O)[C@@H](NC(=O)c2ccccc2[N+](=O)[O-])[C@@H](OC(C)=O)[C@@H]1OC(C)=O. The third kappa shape index (κ3) is 7.46. The van der Waals surface area contributed by atoms with Gasteiger partial charge in [0.1, 0.15) is 24.3 Å². The standard InChI is InChI=1S/C21H24N2O12/c1-10(24)31-9-16-18(32-11(2)25)19(33-12(3)26)17(21(35-16)34-13(4)27)22-20(28)14-7-5-6-8-15(14)23(29)30/h5-8,16-19,21H,9H2,1-4H3,(H,22,28)/t16-,17+,18-,19-,21+/m1/s1. The molecule has 0 spiro atoms. The first-order valence-electron chi connectivity index (χ1n) is 10.3. The summed E-state index contributed by atoms with van der Waals surface area (Å²) in [4.78, 5) is 70.3. The Balaban J connectivity index is 2.51. The topological polar surface area (TPSA) is 187 Å². The lowest BCUT2D eigenvalue weighted by Gasteiger charge is -2.44. The molecule has 1 aliphatic rings. The van der Waals surface area contributed by atoms with Crippen LogP contribution in [0.5, 0.6) is 0 Å². The molecule has 0 aromatic heterocycles. The number of esters is 4. The zero-order chi connectivity index (χ0) is 26.3. The molecule has 1 aliphatic heterocycles. The number of rotatable bonds is 8. The third-order valence-electron chi connectivity index (χ3n) is 4.63. The average Bonchev–Trinajstić information content (AvgIpc) is 2.75. The van der Waals surface area contributed by atoms with Crippen molar-refractivity contribution in [3.63, 3.8) is 0 Å². The molecular formula is C21H24N2O12. The van der Waals surface area contributed by atoms with E-state index in [-0.39, 0.29) is 5.56 Å². The van der Waals surface area contributed by atoms with E-state index in [1.807, 2.05) is 0 Å². The van der Waals surface area contributed by atoms with Gasteiger partial charge in [0.05, 0.1) is 4.92 Å². The van der Waals surface area contributed by atoms with Crippen molar-refractivity contribution < 1.29 is 52.6 Å². The first-order chi connectivity index (χ1) is 16.4. The molecule has 0 saturated carbocycles. The van der Waals surface area contributed by atoms with Gasteiger partial charge in [-0.3, -0.25) is 34.1 Å². The third-order valence-corrected chi connectivity index (χ3v) is 4.63. The van der Waals surface area contributed by atoms with Crippen molar-refractivity contribution in [2.24, 2.45) is 0 Å². The van der Waals surface area contributed by atoms with E-state index < -0.39 is 77.6 Å². The number of carbonyl (C=O) groups excluding carboxylic acids is 5. The number of amides is 1. The highest BCUT2D eigenvalue weighted by atomic mass is 16.7. The summed E-state index contributed by atoms with van der Waals surface area (Å²) >= 11 is 0. The van der Waals surface area contributed by atoms with Crippen molar-refractivity contribution in [3.05, 3.63) is 39.9 Å². The largest absolute Gasteiger partial charge is 0.463 e. The van der Waals surface area contributed by atoms with Crippen LogP contribution in [0.2, 0.25) is 0 Å². The lowest BCUT2D eigenvalue weighted by atomic mass is 9.95. The van der Waals surface area contributed by atoms with Crippen LogP contribution in [0.1, 0.15) is 38.1 Å². The second-order valence-electron chi connectivity index (χ2n) is 7.38. The Kier molecular flexibility index (Phi) is 9.22. The summed E-state index contributed by atoms with van der Waals surface area (Å²) in [6.45, 7) is 3.79. The number of benzene rings is 1. The quantitative estimate of drug-likeness (QED) is 0.226. The minimum atomic E-state index is -1.61. The number of para-hydroxylation sites is 1. The second-order valence-corrected chi connectivity index (χ2v) is 7.38. The molecule has 1 amide bonds. The maximum absolute atomic E-state index is 13.0. The van der Waals surface area contributed by atoms with Crippen LogP contribution in [0.4, 0.5) is 5.69 Å². The molecule has 0 radical (unpaired) electrons. The number of nitro groups is 1. The van der Waals surface area contributed by atoms with E-state index >= 15 is 0 Å². The van der Waals surface area contributed by atoms with Crippen molar-refractivity contribution in [3.8, 4) is 0 Å². The molecule has 0 unspecified atom stereocenters. The van der Waals surface area contributed by atoms with Crippen LogP contribution < -0.4 is 5.32 Å². The molecule has 14 heteroatoms. The fourth-order valence-corrected chi connectivity index (χ4v) is 3.37. The minimum Gasteiger partial charge on any atom is -0.463 e. The number of nitro benzene ring substituents is 1. The van der Waals surface area contributed by atoms with Crippen molar-refractivity contribution in [2.45, 2.75) is 58.3 Å². The second kappa shape index (κ2) is 11.9. The van der Waals surface area contributed by atoms with Crippen molar-refractivity contribution in [2.75, 3.05) is 6.61 Å². The number of ether oxygens (including phenoxy) is 5. The van der Waals surface area contributed by atoms with E-state index in [2.05, 4.69) is 5.32 Å². The molecule has 14 nitrogen and oxygen atoms in total. The first kappa shape index (κ1) is 27.2. The van der Waals surface area contributed by atoms with Crippen molar-refractivity contribution in [1.82, 2.24) is 5.32 Å². The van der Waals surface area contributed by atoms with E-state index in [1.165, 1.54) is 18.2 Å². The fourth-order valence-electron chi connectivity index (χ4n) is 3.37. The lowest BCUT2D eigenvalue weighted by molar-refractivity contribution is -0.385. The molecule has 1 N–H and O–H groups in total. The van der Waals surface area contributed by atoms with Gasteiger partial charge < -0.3 is 29.0 Å². The van der Waals surface area contributed by atoms with Gasteiger partial charge in [0.2, 0.25) is 6.29 Å². The average molecular weight is 496 g/mol. The number of hydrogen-bond acceptors (Lipinski definition) is 12. The molecule has 190 valence electrons. The van der Waals surface area contributed by atoms with Gasteiger partial charge >= 0.3 is 23.9 Å². The van der Waals surface area contributed by atoms with Gasteiger partial charge in [-0.15, -0.1) is 0 Å². The zero-order valence-corrected chi connectivity index (χ0v) is 19.2. The molecule has 1 saturated heterocycles. The summed E-state index contributed by atoms with van der Waals surface area (Å²) in [5.74, 6) is -4.21. The molecule has 0 aliphatic carbocycles. The molecule has 1 aromatic rings. The summed E-state index contributed by atoms with van der Waals surface area (Å²) in [7, 11) is 0. The van der Waals surface area contributed by atoms with Crippen LogP contribution in [-0.4, -0.2) is 72.0 Å². The van der Waals surface area contributed by atoms with Crippen molar-refractivity contribution in [1.29, 1.82) is 0 Å². The van der Waals surface area contributed by atoms with E-state index in [4.69, 9.17) is 23.7 Å². The Morgan fingerprint density at radius 2 is 1.49 bits per heavy atom. The van der Waals surface area contributed by atoms with Gasteiger partial charge in [0, 0.05) is 33.8 Å². The molecule has 0 bridgehead atoms. The summed E-state index contributed by atoms with van der Waals surface area (Å²) in [6, 6.07) is 3.57. The van der Waals surface area contributed by atoms with Gasteiger partial charge in [0.25, 0.3) is 11.6 Å². The monoisotopic (exact) mass is 496 g/mol. The van der Waals surface area contributed by atoms with Gasteiger partial charge in [0.15, 0.2) is 12.2 Å². The van der Waals surface area contributed by atoms with Gasteiger partial charge in [-0.1, -0.05) is 12.1 Å². The highest BCUT2D eigenvalue weighted by Gasteiger charge is 2.52. The fraction of sp³-hybridized carbons (Fsp3) is 0.476. The van der Waals surface area contributed by atoms with E-state index in [9.17, 15) is 34.1 Å². The molecule has 35 heavy (non-hydrogen) atoms. The van der Waals surface area contributed by atoms with Gasteiger partial charge in [-0.05, 0) is 6.07 Å². The number of nitrogens with one attached hydrogen (secondary N) is 1. The predicted octanol–water partition coefficient (Wildman–Crippen LogP) is 0.408. The summed E-state index contributed by atoms with van der Waals surface area (Å²) in [5.41, 5.74) is -0.856. The Hall–Kier alpha value is -4.07. The highest BCUT2D eigenvalue weighted by molar-refractivity contribution is 5.98. The Labute approximate surface area is 198 Å². The van der Waals surface area contributed by atoms with E-state index in [0.717, 1.165) is 33.8 Å². The maximum atomic E-state index is 13.0. The molecule has 5 atom stereocenters. The van der Waals surface area contributed by atoms with E-state index in [1.54, 1.807) is 0 Å². The van der Waals surface area contributed by atoms with Crippen molar-refractivity contribution >= 4 is 35.5 Å². The van der Waals surface area contributed by atoms with Gasteiger partial charge in [-0.25, -0.2) is 0 Å². The Morgan fingerprint density at radius 3 is 2.03 bits per heavy atom. The number of hydrogen-bond donors (Lipinski definition) is 1. The van der Waals surface area contributed by atoms with Gasteiger partial charge in [-0.2, -0.15) is 0 Å². The lowest BCUT2D eigenvalue weighted by Crippen LogP contribution is -2.67. The number of carbonyl (C=O) groups is 5. The zero-order valence-electron chi connectivity index (χ0n) is 19.2. The highest BCUT2D eigenvalue weighted by Crippen LogP contribution is 2.29. The molecule has 1 fully saturated rings.